The smallest absolute Gasteiger partial charge is 0.250 e. The minimum absolute atomic E-state index is 0.239. The lowest BCUT2D eigenvalue weighted by Crippen LogP contribution is -2.32. The van der Waals surface area contributed by atoms with Crippen molar-refractivity contribution in [1.82, 2.24) is 10.3 Å². The van der Waals surface area contributed by atoms with E-state index in [1.807, 2.05) is 36.4 Å². The van der Waals surface area contributed by atoms with Crippen LogP contribution in [0.25, 0.3) is 16.3 Å². The number of nitrogens with one attached hydrogen (secondary N) is 2. The van der Waals surface area contributed by atoms with Crippen molar-refractivity contribution in [2.45, 2.75) is 26.2 Å². The van der Waals surface area contributed by atoms with Gasteiger partial charge in [-0.1, -0.05) is 61.1 Å². The average Bonchev–Trinajstić information content (AvgIpc) is 3.06. The molecule has 0 saturated heterocycles. The number of rotatable bonds is 6. The van der Waals surface area contributed by atoms with Crippen LogP contribution in [-0.4, -0.2) is 16.0 Å². The molecular weight excluding hydrogens is 374 g/mol. The topological polar surface area (TPSA) is 54.0 Å². The van der Waals surface area contributed by atoms with Gasteiger partial charge in [-0.25, -0.2) is 4.98 Å². The SMILES string of the molecule is CCCCc1ccc2nc(NC(=S)NC(=O)C=Cc3ccccc3)sc2c1. The van der Waals surface area contributed by atoms with Gasteiger partial charge in [-0.2, -0.15) is 0 Å². The monoisotopic (exact) mass is 395 g/mol. The van der Waals surface area contributed by atoms with Gasteiger partial charge in [0.2, 0.25) is 5.91 Å². The Balaban J connectivity index is 1.58. The van der Waals surface area contributed by atoms with Crippen molar-refractivity contribution >= 4 is 56.0 Å². The van der Waals surface area contributed by atoms with Crippen molar-refractivity contribution in [2.24, 2.45) is 0 Å². The number of anilines is 1. The molecule has 0 aliphatic carbocycles. The second-order valence-electron chi connectivity index (χ2n) is 6.11. The molecule has 3 aromatic rings. The molecule has 4 nitrogen and oxygen atoms in total. The molecule has 0 aliphatic rings. The minimum Gasteiger partial charge on any atom is -0.308 e. The van der Waals surface area contributed by atoms with Crippen LogP contribution < -0.4 is 10.6 Å². The van der Waals surface area contributed by atoms with Crippen LogP contribution >= 0.6 is 23.6 Å². The van der Waals surface area contributed by atoms with E-state index in [-0.39, 0.29) is 11.0 Å². The van der Waals surface area contributed by atoms with E-state index in [2.05, 4.69) is 34.7 Å². The Labute approximate surface area is 168 Å². The van der Waals surface area contributed by atoms with E-state index in [1.165, 1.54) is 35.8 Å². The molecule has 0 radical (unpaired) electrons. The highest BCUT2D eigenvalue weighted by Crippen LogP contribution is 2.27. The molecule has 1 aromatic heterocycles. The van der Waals surface area contributed by atoms with E-state index >= 15 is 0 Å². The number of carbonyl (C=O) groups excluding carboxylic acids is 1. The third kappa shape index (κ3) is 5.70. The third-order valence-electron chi connectivity index (χ3n) is 3.96. The second-order valence-corrected chi connectivity index (χ2v) is 7.55. The van der Waals surface area contributed by atoms with Crippen LogP contribution in [0, 0.1) is 0 Å². The normalized spacial score (nSPS) is 11.0. The number of hydrogen-bond donors (Lipinski definition) is 2. The van der Waals surface area contributed by atoms with Gasteiger partial charge in [-0.05, 0) is 54.4 Å². The number of carbonyl (C=O) groups is 1. The molecule has 2 N–H and O–H groups in total. The summed E-state index contributed by atoms with van der Waals surface area (Å²) in [5, 5.41) is 6.55. The molecule has 0 fully saturated rings. The summed E-state index contributed by atoms with van der Waals surface area (Å²) in [5.41, 5.74) is 3.21. The van der Waals surface area contributed by atoms with Crippen LogP contribution in [0.15, 0.2) is 54.6 Å². The predicted molar refractivity (Wildman–Crippen MR) is 118 cm³/mol. The van der Waals surface area contributed by atoms with E-state index in [1.54, 1.807) is 6.08 Å². The molecule has 0 unspecified atom stereocenters. The molecule has 0 atom stereocenters. The predicted octanol–water partition coefficient (Wildman–Crippen LogP) is 5.17. The lowest BCUT2D eigenvalue weighted by atomic mass is 10.1. The summed E-state index contributed by atoms with van der Waals surface area (Å²) >= 11 is 6.75. The van der Waals surface area contributed by atoms with E-state index in [9.17, 15) is 4.79 Å². The fourth-order valence-corrected chi connectivity index (χ4v) is 3.77. The Morgan fingerprint density at radius 2 is 2.04 bits per heavy atom. The highest BCUT2D eigenvalue weighted by molar-refractivity contribution is 7.80. The molecule has 138 valence electrons. The summed E-state index contributed by atoms with van der Waals surface area (Å²) < 4.78 is 1.12. The van der Waals surface area contributed by atoms with Crippen LogP contribution in [0.3, 0.4) is 0 Å². The Kier molecular flexibility index (Phi) is 6.68. The zero-order valence-electron chi connectivity index (χ0n) is 15.1. The molecule has 27 heavy (non-hydrogen) atoms. The number of thiocarbonyl (C=S) groups is 1. The molecule has 6 heteroatoms. The summed E-state index contributed by atoms with van der Waals surface area (Å²) in [7, 11) is 0. The number of thiazole rings is 1. The summed E-state index contributed by atoms with van der Waals surface area (Å²) in [5.74, 6) is -0.278. The van der Waals surface area contributed by atoms with Gasteiger partial charge in [0, 0.05) is 6.08 Å². The van der Waals surface area contributed by atoms with Gasteiger partial charge in [0.05, 0.1) is 10.2 Å². The van der Waals surface area contributed by atoms with E-state index in [0.29, 0.717) is 5.13 Å². The molecule has 2 aromatic carbocycles. The second kappa shape index (κ2) is 9.39. The number of fused-ring (bicyclic) bond motifs is 1. The molecule has 1 heterocycles. The largest absolute Gasteiger partial charge is 0.308 e. The fourth-order valence-electron chi connectivity index (χ4n) is 2.58. The van der Waals surface area contributed by atoms with Crippen LogP contribution in [0.5, 0.6) is 0 Å². The van der Waals surface area contributed by atoms with Crippen molar-refractivity contribution in [3.63, 3.8) is 0 Å². The highest BCUT2D eigenvalue weighted by atomic mass is 32.1. The van der Waals surface area contributed by atoms with Crippen molar-refractivity contribution in [3.8, 4) is 0 Å². The first-order chi connectivity index (χ1) is 13.1. The highest BCUT2D eigenvalue weighted by Gasteiger charge is 2.08. The molecule has 0 bridgehead atoms. The number of aryl methyl sites for hydroxylation is 1. The summed E-state index contributed by atoms with van der Waals surface area (Å²) in [6.07, 6.45) is 6.65. The molecule has 0 saturated carbocycles. The zero-order chi connectivity index (χ0) is 19.1. The minimum atomic E-state index is -0.278. The standard InChI is InChI=1S/C21H21N3OS2/c1-2-3-7-16-10-12-17-18(14-16)27-21(22-17)24-20(26)23-19(25)13-11-15-8-5-4-6-9-15/h4-6,8-14H,2-3,7H2,1H3,(H2,22,23,24,25,26). The first kappa shape index (κ1) is 19.2. The Hall–Kier alpha value is -2.57. The summed E-state index contributed by atoms with van der Waals surface area (Å²) in [6.45, 7) is 2.19. The Morgan fingerprint density at radius 3 is 2.81 bits per heavy atom. The number of aromatic nitrogens is 1. The van der Waals surface area contributed by atoms with E-state index < -0.39 is 0 Å². The summed E-state index contributed by atoms with van der Waals surface area (Å²) in [4.78, 5) is 16.5. The summed E-state index contributed by atoms with van der Waals surface area (Å²) in [6, 6.07) is 16.0. The van der Waals surface area contributed by atoms with Crippen LogP contribution in [0.2, 0.25) is 0 Å². The average molecular weight is 396 g/mol. The van der Waals surface area contributed by atoms with Gasteiger partial charge >= 0.3 is 0 Å². The van der Waals surface area contributed by atoms with Gasteiger partial charge in [-0.3, -0.25) is 10.1 Å². The van der Waals surface area contributed by atoms with E-state index in [4.69, 9.17) is 12.2 Å². The van der Waals surface area contributed by atoms with Crippen LogP contribution in [0.1, 0.15) is 30.9 Å². The quantitative estimate of drug-likeness (QED) is 0.447. The molecule has 0 aliphatic heterocycles. The number of nitrogens with zero attached hydrogens (tertiary/aromatic N) is 1. The lowest BCUT2D eigenvalue weighted by molar-refractivity contribution is -0.115. The number of benzene rings is 2. The zero-order valence-corrected chi connectivity index (χ0v) is 16.7. The van der Waals surface area contributed by atoms with Gasteiger partial charge < -0.3 is 5.32 Å². The van der Waals surface area contributed by atoms with Crippen LogP contribution in [-0.2, 0) is 11.2 Å². The maximum Gasteiger partial charge on any atom is 0.250 e. The maximum absolute atomic E-state index is 12.0. The van der Waals surface area contributed by atoms with Crippen LogP contribution in [0.4, 0.5) is 5.13 Å². The lowest BCUT2D eigenvalue weighted by Gasteiger charge is -2.04. The van der Waals surface area contributed by atoms with Crippen molar-refractivity contribution in [2.75, 3.05) is 5.32 Å². The van der Waals surface area contributed by atoms with Gasteiger partial charge in [0.1, 0.15) is 0 Å². The molecule has 0 spiro atoms. The van der Waals surface area contributed by atoms with Gasteiger partial charge in [0.15, 0.2) is 10.2 Å². The third-order valence-corrected chi connectivity index (χ3v) is 5.09. The number of hydrogen-bond acceptors (Lipinski definition) is 4. The first-order valence-corrected chi connectivity index (χ1v) is 10.1. The number of unbranched alkanes of at least 4 members (excludes halogenated alkanes) is 1. The van der Waals surface area contributed by atoms with Gasteiger partial charge in [-0.15, -0.1) is 0 Å². The fraction of sp³-hybridized carbons (Fsp3) is 0.190. The maximum atomic E-state index is 12.0. The van der Waals surface area contributed by atoms with E-state index in [0.717, 1.165) is 22.2 Å². The molecule has 3 rings (SSSR count). The molecular formula is C21H21N3OS2. The number of amides is 1. The first-order valence-electron chi connectivity index (χ1n) is 8.88. The van der Waals surface area contributed by atoms with Crippen molar-refractivity contribution in [3.05, 3.63) is 65.7 Å². The Morgan fingerprint density at radius 1 is 1.22 bits per heavy atom. The van der Waals surface area contributed by atoms with Crippen molar-refractivity contribution in [1.29, 1.82) is 0 Å². The van der Waals surface area contributed by atoms with Crippen molar-refractivity contribution < 1.29 is 4.79 Å². The van der Waals surface area contributed by atoms with Gasteiger partial charge in [0.25, 0.3) is 0 Å². The molecule has 1 amide bonds. The Bertz CT molecular complexity index is 964.